The molecule has 0 amide bonds. The quantitative estimate of drug-likeness (QED) is 0.775. The summed E-state index contributed by atoms with van der Waals surface area (Å²) >= 11 is 5.88. The van der Waals surface area contributed by atoms with Gasteiger partial charge in [0.15, 0.2) is 0 Å². The monoisotopic (exact) mass is 404 g/mol. The van der Waals surface area contributed by atoms with Crippen LogP contribution in [0.4, 0.5) is 5.69 Å². The molecule has 0 aliphatic carbocycles. The number of ether oxygens (including phenoxy) is 1. The lowest BCUT2D eigenvalue weighted by molar-refractivity contribution is 0.0526. The van der Waals surface area contributed by atoms with Crippen LogP contribution in [0.25, 0.3) is 4.91 Å². The van der Waals surface area contributed by atoms with Crippen LogP contribution >= 0.6 is 11.6 Å². The van der Waals surface area contributed by atoms with Crippen LogP contribution in [0.1, 0.15) is 29.8 Å². The smallest absolute Gasteiger partial charge is 0.338 e. The molecule has 1 aliphatic heterocycles. The molecule has 0 radical (unpaired) electrons. The van der Waals surface area contributed by atoms with Crippen LogP contribution in [0.15, 0.2) is 58.5 Å². The lowest BCUT2D eigenvalue weighted by Gasteiger charge is -2.09. The van der Waals surface area contributed by atoms with Gasteiger partial charge >= 0.3 is 5.97 Å². The standard InChI is InChI=1S/C19H17ClN2O4S/c1-3-26-19(23)14-5-4-6-16(11-14)21-18-12(2)17(27(24,25)22-18)13-7-9-15(20)10-8-13/h4-11H,3H2,1-2H3,(H,21,22). The molecule has 2 aromatic carbocycles. The van der Waals surface area contributed by atoms with Gasteiger partial charge in [0.2, 0.25) is 0 Å². The first-order valence-electron chi connectivity index (χ1n) is 8.18. The molecular weight excluding hydrogens is 388 g/mol. The molecule has 1 N–H and O–H groups in total. The molecular formula is C19H17ClN2O4S. The summed E-state index contributed by atoms with van der Waals surface area (Å²) in [6.45, 7) is 3.67. The molecule has 0 aromatic heterocycles. The molecule has 140 valence electrons. The normalized spacial score (nSPS) is 15.4. The molecule has 0 spiro atoms. The fourth-order valence-corrected chi connectivity index (χ4v) is 4.25. The van der Waals surface area contributed by atoms with E-state index in [4.69, 9.17) is 16.3 Å². The van der Waals surface area contributed by atoms with E-state index in [0.717, 1.165) is 0 Å². The van der Waals surface area contributed by atoms with Crippen molar-refractivity contribution in [3.63, 3.8) is 0 Å². The predicted octanol–water partition coefficient (Wildman–Crippen LogP) is 4.10. The number of hydrogen-bond acceptors (Lipinski definition) is 5. The van der Waals surface area contributed by atoms with Crippen molar-refractivity contribution in [2.45, 2.75) is 13.8 Å². The van der Waals surface area contributed by atoms with E-state index in [1.54, 1.807) is 62.4 Å². The van der Waals surface area contributed by atoms with Crippen molar-refractivity contribution in [2.24, 2.45) is 4.40 Å². The molecule has 1 heterocycles. The first-order valence-corrected chi connectivity index (χ1v) is 10.00. The van der Waals surface area contributed by atoms with Crippen LogP contribution in [-0.2, 0) is 14.8 Å². The second kappa shape index (κ2) is 7.54. The van der Waals surface area contributed by atoms with Crippen molar-refractivity contribution in [1.29, 1.82) is 0 Å². The summed E-state index contributed by atoms with van der Waals surface area (Å²) in [5.74, 6) is -0.239. The van der Waals surface area contributed by atoms with Gasteiger partial charge in [-0.2, -0.15) is 8.42 Å². The zero-order valence-corrected chi connectivity index (χ0v) is 16.3. The summed E-state index contributed by atoms with van der Waals surface area (Å²) in [4.78, 5) is 12.0. The third-order valence-electron chi connectivity index (χ3n) is 3.91. The first-order chi connectivity index (χ1) is 12.8. The number of nitrogens with one attached hydrogen (secondary N) is 1. The second-order valence-corrected chi connectivity index (χ2v) is 7.78. The maximum Gasteiger partial charge on any atom is 0.338 e. The highest BCUT2D eigenvalue weighted by atomic mass is 35.5. The maximum atomic E-state index is 12.5. The van der Waals surface area contributed by atoms with E-state index < -0.39 is 16.0 Å². The molecule has 6 nitrogen and oxygen atoms in total. The van der Waals surface area contributed by atoms with E-state index in [0.29, 0.717) is 27.4 Å². The Bertz CT molecular complexity index is 1060. The van der Waals surface area contributed by atoms with E-state index in [9.17, 15) is 13.2 Å². The summed E-state index contributed by atoms with van der Waals surface area (Å²) < 4.78 is 33.9. The minimum atomic E-state index is -3.84. The molecule has 0 saturated heterocycles. The maximum absolute atomic E-state index is 12.5. The average molecular weight is 405 g/mol. The van der Waals surface area contributed by atoms with Gasteiger partial charge in [0.05, 0.1) is 12.2 Å². The number of sulfonamides is 1. The third-order valence-corrected chi connectivity index (χ3v) is 5.64. The van der Waals surface area contributed by atoms with Crippen LogP contribution in [0.2, 0.25) is 5.02 Å². The van der Waals surface area contributed by atoms with Crippen molar-refractivity contribution in [3.05, 3.63) is 70.3 Å². The minimum Gasteiger partial charge on any atom is -0.462 e. The lowest BCUT2D eigenvalue weighted by Crippen LogP contribution is -2.12. The van der Waals surface area contributed by atoms with Gasteiger partial charge < -0.3 is 10.1 Å². The number of carbonyl (C=O) groups excluding carboxylic acids is 1. The lowest BCUT2D eigenvalue weighted by atomic mass is 10.1. The topological polar surface area (TPSA) is 84.8 Å². The number of anilines is 1. The number of carbonyl (C=O) groups is 1. The molecule has 0 saturated carbocycles. The van der Waals surface area contributed by atoms with Crippen LogP contribution < -0.4 is 5.32 Å². The van der Waals surface area contributed by atoms with Crippen LogP contribution in [0.3, 0.4) is 0 Å². The highest BCUT2D eigenvalue weighted by Gasteiger charge is 2.31. The fourth-order valence-electron chi connectivity index (χ4n) is 2.69. The van der Waals surface area contributed by atoms with Gasteiger partial charge in [0, 0.05) is 16.3 Å². The molecule has 0 bridgehead atoms. The van der Waals surface area contributed by atoms with E-state index in [-0.39, 0.29) is 17.3 Å². The number of benzene rings is 2. The van der Waals surface area contributed by atoms with E-state index in [1.807, 2.05) is 0 Å². The molecule has 1 aliphatic rings. The zero-order valence-electron chi connectivity index (χ0n) is 14.7. The van der Waals surface area contributed by atoms with Gasteiger partial charge in [-0.15, -0.1) is 4.40 Å². The second-order valence-electron chi connectivity index (χ2n) is 5.80. The van der Waals surface area contributed by atoms with Gasteiger partial charge in [-0.3, -0.25) is 0 Å². The molecule has 0 unspecified atom stereocenters. The Hall–Kier alpha value is -2.64. The van der Waals surface area contributed by atoms with E-state index >= 15 is 0 Å². The van der Waals surface area contributed by atoms with Crippen molar-refractivity contribution in [1.82, 2.24) is 0 Å². The summed E-state index contributed by atoms with van der Waals surface area (Å²) in [7, 11) is -3.84. The molecule has 0 fully saturated rings. The highest BCUT2D eigenvalue weighted by molar-refractivity contribution is 8.00. The Labute approximate surface area is 162 Å². The molecule has 2 aromatic rings. The molecule has 3 rings (SSSR count). The molecule has 27 heavy (non-hydrogen) atoms. The van der Waals surface area contributed by atoms with Crippen molar-refractivity contribution < 1.29 is 17.9 Å². The molecule has 8 heteroatoms. The summed E-state index contributed by atoms with van der Waals surface area (Å²) in [6.07, 6.45) is 0. The third kappa shape index (κ3) is 4.04. The van der Waals surface area contributed by atoms with Gasteiger partial charge in [0.25, 0.3) is 10.0 Å². The van der Waals surface area contributed by atoms with Gasteiger partial charge in [-0.25, -0.2) is 4.79 Å². The van der Waals surface area contributed by atoms with Crippen molar-refractivity contribution in [3.8, 4) is 0 Å². The summed E-state index contributed by atoms with van der Waals surface area (Å²) in [6, 6.07) is 13.1. The van der Waals surface area contributed by atoms with Crippen LogP contribution in [0.5, 0.6) is 0 Å². The summed E-state index contributed by atoms with van der Waals surface area (Å²) in [5.41, 5.74) is 1.89. The molecule has 0 atom stereocenters. The van der Waals surface area contributed by atoms with Crippen molar-refractivity contribution >= 4 is 44.0 Å². The predicted molar refractivity (Wildman–Crippen MR) is 106 cm³/mol. The Morgan fingerprint density at radius 3 is 2.56 bits per heavy atom. The van der Waals surface area contributed by atoms with Crippen molar-refractivity contribution in [2.75, 3.05) is 11.9 Å². The van der Waals surface area contributed by atoms with E-state index in [1.165, 1.54) is 0 Å². The summed E-state index contributed by atoms with van der Waals surface area (Å²) in [5, 5.41) is 3.49. The Balaban J connectivity index is 1.93. The van der Waals surface area contributed by atoms with Gasteiger partial charge in [0.1, 0.15) is 10.7 Å². The van der Waals surface area contributed by atoms with Gasteiger partial charge in [-0.1, -0.05) is 29.8 Å². The number of amidine groups is 1. The Morgan fingerprint density at radius 1 is 1.19 bits per heavy atom. The van der Waals surface area contributed by atoms with Crippen LogP contribution in [0, 0.1) is 0 Å². The average Bonchev–Trinajstić information content (AvgIpc) is 2.85. The number of hydrogen-bond donors (Lipinski definition) is 1. The van der Waals surface area contributed by atoms with Gasteiger partial charge in [-0.05, 0) is 49.7 Å². The van der Waals surface area contributed by atoms with E-state index in [2.05, 4.69) is 9.71 Å². The minimum absolute atomic E-state index is 0.128. The largest absolute Gasteiger partial charge is 0.462 e. The Kier molecular flexibility index (Phi) is 5.34. The fraction of sp³-hybridized carbons (Fsp3) is 0.158. The number of esters is 1. The Morgan fingerprint density at radius 2 is 1.89 bits per heavy atom. The number of halogens is 1. The number of rotatable bonds is 4. The highest BCUT2D eigenvalue weighted by Crippen LogP contribution is 2.33. The van der Waals surface area contributed by atoms with Crippen LogP contribution in [-0.4, -0.2) is 26.8 Å². The zero-order chi connectivity index (χ0) is 19.6. The number of nitrogens with zero attached hydrogens (tertiary/aromatic N) is 1. The SMILES string of the molecule is CCOC(=O)c1cccc(NC2=NS(=O)(=O)C(c3ccc(Cl)cc3)=C2C)c1. The first kappa shape index (κ1) is 19.1.